The molecule has 0 saturated heterocycles. The van der Waals surface area contributed by atoms with Crippen molar-refractivity contribution in [1.29, 1.82) is 0 Å². The molecule has 2 aromatic rings. The number of ether oxygens (including phenoxy) is 5. The number of carbonyl (C=O) groups is 1. The van der Waals surface area contributed by atoms with Gasteiger partial charge in [-0.05, 0) is 49.8 Å². The van der Waals surface area contributed by atoms with E-state index in [-0.39, 0.29) is 5.78 Å². The van der Waals surface area contributed by atoms with Gasteiger partial charge in [0.2, 0.25) is 17.3 Å². The molecule has 51 heavy (non-hydrogen) atoms. The number of ketones is 1. The van der Waals surface area contributed by atoms with Crippen LogP contribution in [0.1, 0.15) is 179 Å². The van der Waals surface area contributed by atoms with Crippen LogP contribution in [0.25, 0.3) is 6.08 Å². The summed E-state index contributed by atoms with van der Waals surface area (Å²) in [5, 5.41) is 0. The number of unbranched alkanes of at least 4 members (excludes halogenated alkanes) is 15. The molecule has 2 aromatic carbocycles. The quantitative estimate of drug-likeness (QED) is 0.0318. The first-order chi connectivity index (χ1) is 25.1. The predicted octanol–water partition coefficient (Wildman–Crippen LogP) is 13.3. The standard InChI is InChI=1S/C45H72O6/c1-6-11-16-24-31-47-40(36-38-29-22-21-23-30-38)42(46)39-37-41(48-32-25-17-12-7-2)44(50-34-27-19-14-9-4)45(51-35-28-20-15-10-5)43(39)49-33-26-18-13-8-3/h21-23,29-30,36-37H,6-20,24-28,31-35H2,1-5H3/b40-36-. The molecule has 0 aliphatic heterocycles. The molecule has 0 N–H and O–H groups in total. The number of hydrogen-bond acceptors (Lipinski definition) is 6. The molecule has 0 aromatic heterocycles. The Kier molecular flexibility index (Phi) is 25.4. The first-order valence-electron chi connectivity index (χ1n) is 20.8. The minimum absolute atomic E-state index is 0.237. The smallest absolute Gasteiger partial charge is 0.231 e. The number of carbonyl (C=O) groups excluding carboxylic acids is 1. The van der Waals surface area contributed by atoms with Crippen LogP contribution in [0.2, 0.25) is 0 Å². The number of benzene rings is 2. The Hall–Kier alpha value is -3.15. The average molecular weight is 709 g/mol. The molecular formula is C45H72O6. The van der Waals surface area contributed by atoms with Crippen LogP contribution in [0.15, 0.2) is 42.2 Å². The Morgan fingerprint density at radius 1 is 0.490 bits per heavy atom. The van der Waals surface area contributed by atoms with Gasteiger partial charge in [-0.15, -0.1) is 0 Å². The highest BCUT2D eigenvalue weighted by atomic mass is 16.6. The fraction of sp³-hybridized carbons (Fsp3) is 0.667. The first kappa shape index (κ1) is 44.0. The minimum Gasteiger partial charge on any atom is -0.490 e. The Bertz CT molecular complexity index is 1190. The lowest BCUT2D eigenvalue weighted by molar-refractivity contribution is 0.0913. The maximum absolute atomic E-state index is 14.8. The van der Waals surface area contributed by atoms with E-state index in [2.05, 4.69) is 34.6 Å². The van der Waals surface area contributed by atoms with Crippen molar-refractivity contribution in [3.8, 4) is 23.0 Å². The molecule has 0 spiro atoms. The number of Topliss-reactive ketones (excluding diaryl/α,β-unsaturated/α-hetero) is 1. The van der Waals surface area contributed by atoms with Gasteiger partial charge in [-0.25, -0.2) is 0 Å². The summed E-state index contributed by atoms with van der Waals surface area (Å²) in [5.41, 5.74) is 1.30. The number of allylic oxidation sites excluding steroid dienone is 1. The van der Waals surface area contributed by atoms with Gasteiger partial charge in [0.1, 0.15) is 0 Å². The van der Waals surface area contributed by atoms with E-state index in [4.69, 9.17) is 23.7 Å². The van der Waals surface area contributed by atoms with Gasteiger partial charge in [0, 0.05) is 0 Å². The molecule has 0 amide bonds. The van der Waals surface area contributed by atoms with Crippen molar-refractivity contribution in [3.63, 3.8) is 0 Å². The molecule has 0 atom stereocenters. The normalized spacial score (nSPS) is 11.4. The highest BCUT2D eigenvalue weighted by molar-refractivity contribution is 6.12. The maximum Gasteiger partial charge on any atom is 0.231 e. The van der Waals surface area contributed by atoms with E-state index in [1.165, 1.54) is 6.42 Å². The van der Waals surface area contributed by atoms with Gasteiger partial charge in [0.25, 0.3) is 0 Å². The molecule has 0 heterocycles. The van der Waals surface area contributed by atoms with E-state index in [1.807, 2.05) is 42.5 Å². The molecule has 0 saturated carbocycles. The average Bonchev–Trinajstić information content (AvgIpc) is 3.15. The molecule has 2 rings (SSSR count). The lowest BCUT2D eigenvalue weighted by atomic mass is 10.0. The van der Waals surface area contributed by atoms with E-state index >= 15 is 0 Å². The maximum atomic E-state index is 14.8. The van der Waals surface area contributed by atoms with Crippen LogP contribution < -0.4 is 18.9 Å². The Morgan fingerprint density at radius 2 is 0.922 bits per heavy atom. The first-order valence-corrected chi connectivity index (χ1v) is 20.8. The van der Waals surface area contributed by atoms with Crippen molar-refractivity contribution in [3.05, 3.63) is 53.3 Å². The fourth-order valence-corrected chi connectivity index (χ4v) is 5.82. The summed E-state index contributed by atoms with van der Waals surface area (Å²) in [4.78, 5) is 14.8. The van der Waals surface area contributed by atoms with Gasteiger partial charge < -0.3 is 23.7 Å². The number of rotatable bonds is 33. The summed E-state index contributed by atoms with van der Waals surface area (Å²) < 4.78 is 32.6. The summed E-state index contributed by atoms with van der Waals surface area (Å²) in [6.07, 6.45) is 23.3. The SMILES string of the molecule is CCCCCCO/C(=C\c1ccccc1)C(=O)c1cc(OCCCCCC)c(OCCCCCC)c(OCCCCCC)c1OCCCCCC. The third kappa shape index (κ3) is 18.3. The molecule has 0 radical (unpaired) electrons. The van der Waals surface area contributed by atoms with Crippen molar-refractivity contribution in [2.75, 3.05) is 33.0 Å². The van der Waals surface area contributed by atoms with E-state index in [1.54, 1.807) is 0 Å². The molecule has 0 aliphatic rings. The van der Waals surface area contributed by atoms with Gasteiger partial charge in [-0.2, -0.15) is 0 Å². The third-order valence-corrected chi connectivity index (χ3v) is 8.97. The molecule has 6 heteroatoms. The number of hydrogen-bond donors (Lipinski definition) is 0. The zero-order valence-corrected chi connectivity index (χ0v) is 33.2. The lowest BCUT2D eigenvalue weighted by Crippen LogP contribution is -2.15. The van der Waals surface area contributed by atoms with Crippen LogP contribution in [0.5, 0.6) is 23.0 Å². The van der Waals surface area contributed by atoms with Crippen LogP contribution >= 0.6 is 0 Å². The minimum atomic E-state index is -0.237. The lowest BCUT2D eigenvalue weighted by Gasteiger charge is -2.23. The van der Waals surface area contributed by atoms with Crippen LogP contribution in [-0.4, -0.2) is 38.8 Å². The van der Waals surface area contributed by atoms with Crippen molar-refractivity contribution in [2.24, 2.45) is 0 Å². The fourth-order valence-electron chi connectivity index (χ4n) is 5.82. The van der Waals surface area contributed by atoms with Crippen LogP contribution in [0.4, 0.5) is 0 Å². The molecule has 0 aliphatic carbocycles. The van der Waals surface area contributed by atoms with Gasteiger partial charge >= 0.3 is 0 Å². The Labute approximate surface area is 312 Å². The molecule has 0 unspecified atom stereocenters. The summed E-state index contributed by atoms with van der Waals surface area (Å²) in [7, 11) is 0. The predicted molar refractivity (Wildman–Crippen MR) is 214 cm³/mol. The zero-order valence-electron chi connectivity index (χ0n) is 33.2. The monoisotopic (exact) mass is 709 g/mol. The second-order valence-corrected chi connectivity index (χ2v) is 13.7. The Balaban J connectivity index is 2.69. The zero-order chi connectivity index (χ0) is 36.8. The summed E-state index contributed by atoms with van der Waals surface area (Å²) in [6, 6.07) is 11.7. The van der Waals surface area contributed by atoms with Gasteiger partial charge in [0.05, 0.1) is 38.6 Å². The van der Waals surface area contributed by atoms with Crippen LogP contribution in [0.3, 0.4) is 0 Å². The van der Waals surface area contributed by atoms with E-state index < -0.39 is 0 Å². The summed E-state index contributed by atoms with van der Waals surface area (Å²) in [6.45, 7) is 13.6. The second kappa shape index (κ2) is 29.4. The molecule has 0 fully saturated rings. The molecule has 6 nitrogen and oxygen atoms in total. The largest absolute Gasteiger partial charge is 0.490 e. The highest BCUT2D eigenvalue weighted by Gasteiger charge is 2.29. The van der Waals surface area contributed by atoms with Gasteiger partial charge in [0.15, 0.2) is 17.3 Å². The second-order valence-electron chi connectivity index (χ2n) is 13.7. The van der Waals surface area contributed by atoms with Crippen LogP contribution in [-0.2, 0) is 4.74 Å². The van der Waals surface area contributed by atoms with Gasteiger partial charge in [-0.3, -0.25) is 4.79 Å². The molecular weight excluding hydrogens is 636 g/mol. The topological polar surface area (TPSA) is 63.2 Å². The highest BCUT2D eigenvalue weighted by Crippen LogP contribution is 2.48. The van der Waals surface area contributed by atoms with E-state index in [0.717, 1.165) is 128 Å². The van der Waals surface area contributed by atoms with Crippen molar-refractivity contribution < 1.29 is 28.5 Å². The third-order valence-electron chi connectivity index (χ3n) is 8.97. The Morgan fingerprint density at radius 3 is 1.41 bits per heavy atom. The van der Waals surface area contributed by atoms with Gasteiger partial charge in [-0.1, -0.05) is 161 Å². The summed E-state index contributed by atoms with van der Waals surface area (Å²) >= 11 is 0. The van der Waals surface area contributed by atoms with Crippen molar-refractivity contribution in [1.82, 2.24) is 0 Å². The molecule has 0 bridgehead atoms. The van der Waals surface area contributed by atoms with Crippen molar-refractivity contribution >= 4 is 11.9 Å². The molecule has 288 valence electrons. The van der Waals surface area contributed by atoms with Crippen molar-refractivity contribution in [2.45, 2.75) is 163 Å². The van der Waals surface area contributed by atoms with Crippen LogP contribution in [0, 0.1) is 0 Å². The summed E-state index contributed by atoms with van der Waals surface area (Å²) in [5.74, 6) is 2.06. The van der Waals surface area contributed by atoms with E-state index in [9.17, 15) is 4.79 Å². The van der Waals surface area contributed by atoms with E-state index in [0.29, 0.717) is 67.4 Å².